The van der Waals surface area contributed by atoms with Gasteiger partial charge in [0.15, 0.2) is 0 Å². The Morgan fingerprint density at radius 2 is 1.93 bits per heavy atom. The van der Waals surface area contributed by atoms with Gasteiger partial charge in [-0.1, -0.05) is 19.8 Å². The van der Waals surface area contributed by atoms with Gasteiger partial charge in [-0.25, -0.2) is 0 Å². The minimum Gasteiger partial charge on any atom is -0.316 e. The van der Waals surface area contributed by atoms with Crippen LogP contribution in [0.4, 0.5) is 0 Å². The monoisotopic (exact) mass is 210 g/mol. The van der Waals surface area contributed by atoms with Crippen LogP contribution in [0.2, 0.25) is 0 Å². The Morgan fingerprint density at radius 3 is 2.53 bits per heavy atom. The van der Waals surface area contributed by atoms with Crippen LogP contribution in [-0.2, 0) is 0 Å². The molecule has 88 valence electrons. The number of nitrogens with zero attached hydrogens (tertiary/aromatic N) is 1. The molecule has 0 aromatic rings. The molecule has 0 bridgehead atoms. The van der Waals surface area contributed by atoms with Gasteiger partial charge in [-0.3, -0.25) is 0 Å². The van der Waals surface area contributed by atoms with Crippen LogP contribution >= 0.6 is 0 Å². The van der Waals surface area contributed by atoms with Gasteiger partial charge in [0.05, 0.1) is 0 Å². The third-order valence-corrected chi connectivity index (χ3v) is 4.39. The first-order valence-electron chi connectivity index (χ1n) is 6.68. The van der Waals surface area contributed by atoms with Gasteiger partial charge in [-0.2, -0.15) is 0 Å². The van der Waals surface area contributed by atoms with E-state index in [9.17, 15) is 0 Å². The van der Waals surface area contributed by atoms with Crippen molar-refractivity contribution in [3.05, 3.63) is 0 Å². The smallest absolute Gasteiger partial charge is 0.0118 e. The van der Waals surface area contributed by atoms with E-state index in [2.05, 4.69) is 24.2 Å². The van der Waals surface area contributed by atoms with E-state index in [1.165, 1.54) is 51.7 Å². The molecular weight excluding hydrogens is 184 g/mol. The van der Waals surface area contributed by atoms with Crippen LogP contribution in [0.25, 0.3) is 0 Å². The second-order valence-corrected chi connectivity index (χ2v) is 5.62. The Bertz CT molecular complexity index is 189. The van der Waals surface area contributed by atoms with E-state index in [0.29, 0.717) is 0 Å². The predicted molar refractivity (Wildman–Crippen MR) is 65.0 cm³/mol. The molecule has 0 spiro atoms. The lowest BCUT2D eigenvalue weighted by Gasteiger charge is -2.38. The number of hydrogen-bond acceptors (Lipinski definition) is 2. The SMILES string of the molecule is CC1CCCCC1N(C)CCC1CNC1. The second-order valence-electron chi connectivity index (χ2n) is 5.62. The molecule has 0 radical (unpaired) electrons. The molecule has 1 aliphatic heterocycles. The normalized spacial score (nSPS) is 33.0. The second kappa shape index (κ2) is 5.31. The largest absolute Gasteiger partial charge is 0.316 e. The molecule has 2 aliphatic rings. The van der Waals surface area contributed by atoms with Crippen LogP contribution in [0.3, 0.4) is 0 Å². The molecule has 1 aliphatic carbocycles. The summed E-state index contributed by atoms with van der Waals surface area (Å²) in [5.41, 5.74) is 0. The zero-order valence-electron chi connectivity index (χ0n) is 10.3. The van der Waals surface area contributed by atoms with Crippen LogP contribution in [0, 0.1) is 11.8 Å². The predicted octanol–water partition coefficient (Wildman–Crippen LogP) is 2.11. The van der Waals surface area contributed by atoms with E-state index in [4.69, 9.17) is 0 Å². The number of nitrogens with one attached hydrogen (secondary N) is 1. The molecule has 2 unspecified atom stereocenters. The van der Waals surface area contributed by atoms with Crippen molar-refractivity contribution in [2.24, 2.45) is 11.8 Å². The molecule has 1 saturated heterocycles. The van der Waals surface area contributed by atoms with Crippen molar-refractivity contribution in [2.75, 3.05) is 26.7 Å². The molecular formula is C13H26N2. The summed E-state index contributed by atoms with van der Waals surface area (Å²) in [6.07, 6.45) is 7.18. The highest BCUT2D eigenvalue weighted by molar-refractivity contribution is 4.81. The molecule has 0 aromatic heterocycles. The van der Waals surface area contributed by atoms with Gasteiger partial charge >= 0.3 is 0 Å². The molecule has 2 fully saturated rings. The van der Waals surface area contributed by atoms with Crippen molar-refractivity contribution >= 4 is 0 Å². The van der Waals surface area contributed by atoms with Crippen LogP contribution in [0.5, 0.6) is 0 Å². The van der Waals surface area contributed by atoms with Crippen LogP contribution in [0.1, 0.15) is 39.0 Å². The Labute approximate surface area is 94.4 Å². The number of rotatable bonds is 4. The van der Waals surface area contributed by atoms with Gasteiger partial charge in [-0.05, 0) is 57.8 Å². The quantitative estimate of drug-likeness (QED) is 0.764. The summed E-state index contributed by atoms with van der Waals surface area (Å²) in [6.45, 7) is 6.26. The highest BCUT2D eigenvalue weighted by Gasteiger charge is 2.25. The summed E-state index contributed by atoms with van der Waals surface area (Å²) in [4.78, 5) is 2.63. The minimum atomic E-state index is 0.867. The van der Waals surface area contributed by atoms with Gasteiger partial charge in [0.2, 0.25) is 0 Å². The standard InChI is InChI=1S/C13H26N2/c1-11-5-3-4-6-13(11)15(2)8-7-12-9-14-10-12/h11-14H,3-10H2,1-2H3. The maximum Gasteiger partial charge on any atom is 0.0118 e. The van der Waals surface area contributed by atoms with Gasteiger partial charge in [0, 0.05) is 6.04 Å². The van der Waals surface area contributed by atoms with Crippen molar-refractivity contribution < 1.29 is 0 Å². The average molecular weight is 210 g/mol. The Balaban J connectivity index is 1.70. The summed E-state index contributed by atoms with van der Waals surface area (Å²) in [6, 6.07) is 0.867. The Kier molecular flexibility index (Phi) is 4.04. The Morgan fingerprint density at radius 1 is 1.20 bits per heavy atom. The van der Waals surface area contributed by atoms with Gasteiger partial charge < -0.3 is 10.2 Å². The third kappa shape index (κ3) is 2.94. The molecule has 0 aromatic carbocycles. The maximum absolute atomic E-state index is 3.35. The highest BCUT2D eigenvalue weighted by Crippen LogP contribution is 2.27. The molecule has 1 N–H and O–H groups in total. The highest BCUT2D eigenvalue weighted by atomic mass is 15.1. The number of hydrogen-bond donors (Lipinski definition) is 1. The van der Waals surface area contributed by atoms with Crippen molar-refractivity contribution in [1.29, 1.82) is 0 Å². The van der Waals surface area contributed by atoms with E-state index < -0.39 is 0 Å². The van der Waals surface area contributed by atoms with Crippen LogP contribution in [-0.4, -0.2) is 37.6 Å². The first kappa shape index (κ1) is 11.4. The minimum absolute atomic E-state index is 0.867. The van der Waals surface area contributed by atoms with E-state index in [1.54, 1.807) is 0 Å². The zero-order valence-corrected chi connectivity index (χ0v) is 10.3. The molecule has 2 rings (SSSR count). The van der Waals surface area contributed by atoms with Crippen molar-refractivity contribution in [3.63, 3.8) is 0 Å². The average Bonchev–Trinajstić information content (AvgIpc) is 2.16. The van der Waals surface area contributed by atoms with E-state index in [1.807, 2.05) is 0 Å². The first-order valence-corrected chi connectivity index (χ1v) is 6.68. The lowest BCUT2D eigenvalue weighted by Crippen LogP contribution is -2.45. The zero-order chi connectivity index (χ0) is 10.7. The van der Waals surface area contributed by atoms with Crippen molar-refractivity contribution in [1.82, 2.24) is 10.2 Å². The molecule has 2 atom stereocenters. The van der Waals surface area contributed by atoms with Crippen LogP contribution < -0.4 is 5.32 Å². The van der Waals surface area contributed by atoms with E-state index >= 15 is 0 Å². The van der Waals surface area contributed by atoms with E-state index in [-0.39, 0.29) is 0 Å². The van der Waals surface area contributed by atoms with Crippen molar-refractivity contribution in [2.45, 2.75) is 45.1 Å². The fraction of sp³-hybridized carbons (Fsp3) is 1.00. The molecule has 1 heterocycles. The summed E-state index contributed by atoms with van der Waals surface area (Å²) < 4.78 is 0. The topological polar surface area (TPSA) is 15.3 Å². The summed E-state index contributed by atoms with van der Waals surface area (Å²) >= 11 is 0. The lowest BCUT2D eigenvalue weighted by molar-refractivity contribution is 0.127. The van der Waals surface area contributed by atoms with E-state index in [0.717, 1.165) is 17.9 Å². The Hall–Kier alpha value is -0.0800. The third-order valence-electron chi connectivity index (χ3n) is 4.39. The lowest BCUT2D eigenvalue weighted by atomic mass is 9.85. The van der Waals surface area contributed by atoms with Gasteiger partial charge in [0.1, 0.15) is 0 Å². The van der Waals surface area contributed by atoms with Crippen molar-refractivity contribution in [3.8, 4) is 0 Å². The molecule has 1 saturated carbocycles. The fourth-order valence-electron chi connectivity index (χ4n) is 3.06. The molecule has 2 heteroatoms. The first-order chi connectivity index (χ1) is 7.27. The molecule has 15 heavy (non-hydrogen) atoms. The van der Waals surface area contributed by atoms with Gasteiger partial charge in [0.25, 0.3) is 0 Å². The molecule has 2 nitrogen and oxygen atoms in total. The summed E-state index contributed by atoms with van der Waals surface area (Å²) in [5.74, 6) is 1.88. The maximum atomic E-state index is 3.35. The summed E-state index contributed by atoms with van der Waals surface area (Å²) in [5, 5.41) is 3.35. The summed E-state index contributed by atoms with van der Waals surface area (Å²) in [7, 11) is 2.33. The molecule has 0 amide bonds. The van der Waals surface area contributed by atoms with Gasteiger partial charge in [-0.15, -0.1) is 0 Å². The van der Waals surface area contributed by atoms with Crippen LogP contribution in [0.15, 0.2) is 0 Å². The fourth-order valence-corrected chi connectivity index (χ4v) is 3.06.